The van der Waals surface area contributed by atoms with E-state index in [1.807, 2.05) is 30.3 Å². The van der Waals surface area contributed by atoms with Gasteiger partial charge in [0.15, 0.2) is 0 Å². The van der Waals surface area contributed by atoms with Crippen LogP contribution in [0.25, 0.3) is 33.9 Å². The predicted octanol–water partition coefficient (Wildman–Crippen LogP) is 18.8. The summed E-state index contributed by atoms with van der Waals surface area (Å²) in [4.78, 5) is 4.45. The number of allylic oxidation sites excluding steroid dienone is 9. The maximum absolute atomic E-state index is 7.13. The molecule has 0 atom stereocenters. The first-order valence-electron chi connectivity index (χ1n) is 24.4. The van der Waals surface area contributed by atoms with Crippen molar-refractivity contribution in [3.63, 3.8) is 0 Å². The van der Waals surface area contributed by atoms with Gasteiger partial charge in [0.25, 0.3) is 0 Å². The summed E-state index contributed by atoms with van der Waals surface area (Å²) < 4.78 is 0. The highest BCUT2D eigenvalue weighted by atomic mass is 15.2. The van der Waals surface area contributed by atoms with Crippen LogP contribution in [-0.4, -0.2) is 0 Å². The highest BCUT2D eigenvalue weighted by Gasteiger charge is 2.18. The normalized spacial score (nSPS) is 11.3. The van der Waals surface area contributed by atoms with Crippen molar-refractivity contribution in [1.82, 2.24) is 0 Å². The van der Waals surface area contributed by atoms with Gasteiger partial charge in [0, 0.05) is 28.4 Å². The van der Waals surface area contributed by atoms with E-state index in [-0.39, 0.29) is 0 Å². The van der Waals surface area contributed by atoms with Crippen LogP contribution >= 0.6 is 0 Å². The van der Waals surface area contributed by atoms with Gasteiger partial charge in [-0.1, -0.05) is 232 Å². The smallest absolute Gasteiger partial charge is 0.104 e. The van der Waals surface area contributed by atoms with Crippen molar-refractivity contribution in [2.24, 2.45) is 5.73 Å². The summed E-state index contributed by atoms with van der Waals surface area (Å²) in [5.74, 6) is 0.671. The van der Waals surface area contributed by atoms with Crippen molar-refractivity contribution in [2.45, 2.75) is 39.5 Å². The van der Waals surface area contributed by atoms with Gasteiger partial charge in [-0.2, -0.15) is 0 Å². The zero-order valence-corrected chi connectivity index (χ0v) is 41.4. The molecule has 71 heavy (non-hydrogen) atoms. The average Bonchev–Trinajstić information content (AvgIpc) is 3.44. The van der Waals surface area contributed by atoms with Crippen LogP contribution in [0, 0.1) is 0 Å². The van der Waals surface area contributed by atoms with Gasteiger partial charge in [-0.05, 0) is 139 Å². The maximum Gasteiger partial charge on any atom is 0.104 e. The van der Waals surface area contributed by atoms with Gasteiger partial charge >= 0.3 is 0 Å². The Hall–Kier alpha value is -8.66. The lowest BCUT2D eigenvalue weighted by Gasteiger charge is -2.27. The second kappa shape index (κ2) is 28.6. The Morgan fingerprint density at radius 1 is 0.493 bits per heavy atom. The molecule has 8 aromatic rings. The van der Waals surface area contributed by atoms with Crippen LogP contribution in [-0.2, 0) is 6.42 Å². The Kier molecular flexibility index (Phi) is 20.8. The van der Waals surface area contributed by atoms with Crippen LogP contribution in [0.3, 0.4) is 0 Å². The van der Waals surface area contributed by atoms with E-state index in [9.17, 15) is 0 Å². The molecule has 0 spiro atoms. The minimum absolute atomic E-state index is 0.671. The van der Waals surface area contributed by atoms with Gasteiger partial charge in [-0.15, -0.1) is 6.58 Å². The fraction of sp³-hybridized carbons (Fsp3) is 0.0882. The third kappa shape index (κ3) is 15.7. The summed E-state index contributed by atoms with van der Waals surface area (Å²) >= 11 is 0. The topological polar surface area (TPSA) is 32.5 Å². The number of para-hydroxylation sites is 2. The molecular weight excluding hydrogens is 859 g/mol. The van der Waals surface area contributed by atoms with E-state index < -0.39 is 0 Å². The second-order valence-corrected chi connectivity index (χ2v) is 16.7. The number of benzene rings is 8. The molecule has 0 bridgehead atoms. The van der Waals surface area contributed by atoms with Gasteiger partial charge < -0.3 is 10.6 Å². The minimum atomic E-state index is 0.671. The lowest BCUT2D eigenvalue weighted by atomic mass is 9.93. The molecule has 0 saturated carbocycles. The van der Waals surface area contributed by atoms with Crippen molar-refractivity contribution in [2.75, 3.05) is 9.80 Å². The number of hydrogen-bond acceptors (Lipinski definition) is 3. The maximum atomic E-state index is 7.13. The highest BCUT2D eigenvalue weighted by Crippen LogP contribution is 2.40. The molecule has 0 aromatic heterocycles. The highest BCUT2D eigenvalue weighted by molar-refractivity contribution is 5.88. The number of nitrogens with two attached hydrogens (primary N) is 1. The van der Waals surface area contributed by atoms with E-state index >= 15 is 0 Å². The third-order valence-corrected chi connectivity index (χ3v) is 11.8. The summed E-state index contributed by atoms with van der Waals surface area (Å²) in [6, 6.07) is 78.6. The monoisotopic (exact) mass is 926 g/mol. The zero-order chi connectivity index (χ0) is 49.9. The van der Waals surface area contributed by atoms with Crippen LogP contribution in [0.15, 0.2) is 298 Å². The van der Waals surface area contributed by atoms with Crippen molar-refractivity contribution >= 4 is 34.4 Å². The number of rotatable bonds is 18. The second-order valence-electron chi connectivity index (χ2n) is 16.7. The summed E-state index contributed by atoms with van der Waals surface area (Å²) in [7, 11) is 0. The predicted molar refractivity (Wildman–Crippen MR) is 311 cm³/mol. The summed E-state index contributed by atoms with van der Waals surface area (Å²) in [6.07, 6.45) is 19.8. The lowest BCUT2D eigenvalue weighted by Crippen LogP contribution is -2.22. The van der Waals surface area contributed by atoms with E-state index in [2.05, 4.69) is 274 Å². The van der Waals surface area contributed by atoms with Gasteiger partial charge in [-0.3, -0.25) is 4.90 Å². The van der Waals surface area contributed by atoms with Crippen LogP contribution in [0.1, 0.15) is 49.8 Å². The van der Waals surface area contributed by atoms with E-state index in [0.717, 1.165) is 64.3 Å². The molecular formula is C68H67N3. The first kappa shape index (κ1) is 51.7. The Labute approximate surface area is 424 Å². The van der Waals surface area contributed by atoms with Crippen LogP contribution in [0.4, 0.5) is 22.7 Å². The summed E-state index contributed by atoms with van der Waals surface area (Å²) in [6.45, 7) is 14.6. The van der Waals surface area contributed by atoms with E-state index in [1.165, 1.54) is 28.0 Å². The Bertz CT molecular complexity index is 2950. The summed E-state index contributed by atoms with van der Waals surface area (Å²) in [5, 5.41) is 0. The van der Waals surface area contributed by atoms with Crippen LogP contribution in [0.5, 0.6) is 0 Å². The van der Waals surface area contributed by atoms with Crippen LogP contribution in [0.2, 0.25) is 0 Å². The summed E-state index contributed by atoms with van der Waals surface area (Å²) in [5.41, 5.74) is 22.1. The molecule has 8 aromatic carbocycles. The van der Waals surface area contributed by atoms with Gasteiger partial charge in [0.05, 0.1) is 0 Å². The molecule has 0 unspecified atom stereocenters. The molecule has 0 fully saturated rings. The molecule has 2 N–H and O–H groups in total. The third-order valence-electron chi connectivity index (χ3n) is 11.8. The number of unbranched alkanes of at least 4 members (excludes halogenated alkanes) is 1. The molecule has 3 heteroatoms. The Balaban J connectivity index is 0.000000441. The molecule has 0 radical (unpaired) electrons. The van der Waals surface area contributed by atoms with Crippen molar-refractivity contribution in [1.29, 1.82) is 0 Å². The van der Waals surface area contributed by atoms with Crippen molar-refractivity contribution in [3.8, 4) is 22.3 Å². The molecule has 0 amide bonds. The molecule has 0 saturated heterocycles. The minimum Gasteiger partial charge on any atom is -0.385 e. The Morgan fingerprint density at radius 3 is 1.55 bits per heavy atom. The molecule has 0 aliphatic carbocycles. The van der Waals surface area contributed by atoms with Crippen LogP contribution < -0.4 is 15.5 Å². The fourth-order valence-electron chi connectivity index (χ4n) is 7.99. The van der Waals surface area contributed by atoms with Gasteiger partial charge in [0.1, 0.15) is 5.82 Å². The lowest BCUT2D eigenvalue weighted by molar-refractivity contribution is 1.06. The average molecular weight is 926 g/mol. The number of anilines is 4. The fourth-order valence-corrected chi connectivity index (χ4v) is 7.99. The molecule has 0 heterocycles. The zero-order valence-electron chi connectivity index (χ0n) is 41.4. The number of nitrogens with zero attached hydrogens (tertiary/aromatic N) is 2. The van der Waals surface area contributed by atoms with E-state index in [0.29, 0.717) is 12.2 Å². The van der Waals surface area contributed by atoms with E-state index in [4.69, 9.17) is 5.73 Å². The Morgan fingerprint density at radius 2 is 0.986 bits per heavy atom. The first-order chi connectivity index (χ1) is 34.9. The van der Waals surface area contributed by atoms with Gasteiger partial charge in [0.2, 0.25) is 0 Å². The molecule has 0 aliphatic rings. The van der Waals surface area contributed by atoms with Gasteiger partial charge in [-0.25, -0.2) is 0 Å². The molecule has 8 rings (SSSR count). The van der Waals surface area contributed by atoms with Crippen molar-refractivity contribution in [3.05, 3.63) is 315 Å². The standard InChI is InChI=1S/C52H47N3.C12H14.C4H6/c1-3-40(2)54(46-25-15-7-16-26-46)48-34-31-45(32-35-48)50-37-36-49(39-51(50)44-23-13-6-14-24-44)55(47-27-17-8-18-28-47)52(53)38-33-43(42-21-11-5-12-22-42)30-29-41-19-9-4-10-20-41;1-2-3-4-6-9-12-10-7-5-8-11-12;1-3-4-2/h3-28,30-32,34-39H,29,33,53H2,1-2H3;2,5-11H,1,3-4H2;3-4H,1-2H2/b40-3+,43-30+,52-38+;9-6+;. The van der Waals surface area contributed by atoms with E-state index in [1.54, 1.807) is 12.2 Å². The largest absolute Gasteiger partial charge is 0.385 e. The molecule has 0 aliphatic heterocycles. The molecule has 3 nitrogen and oxygen atoms in total. The molecule has 354 valence electrons. The number of hydrogen-bond donors (Lipinski definition) is 1. The SMILES string of the molecule is C/C=C(\C)N(c1ccccc1)c1ccc(-c2ccc(N(/C(N)=C/C/C(=C\Cc3ccccc3)c3ccccc3)c3ccccc3)cc2-c2ccccc2)cc1.C=CC=C.C=CCC/C=C/c1ccccc1. The van der Waals surface area contributed by atoms with Crippen molar-refractivity contribution < 1.29 is 0 Å². The first-order valence-corrected chi connectivity index (χ1v) is 24.4. The quantitative estimate of drug-likeness (QED) is 0.0529.